The number of rotatable bonds is 4. The molecule has 0 unspecified atom stereocenters. The second-order valence-electron chi connectivity index (χ2n) is 8.41. The van der Waals surface area contributed by atoms with Crippen molar-refractivity contribution in [3.63, 3.8) is 0 Å². The van der Waals surface area contributed by atoms with E-state index in [2.05, 4.69) is 5.10 Å². The third-order valence-corrected chi connectivity index (χ3v) is 5.66. The molecule has 3 rings (SSSR count). The number of alkyl halides is 3. The van der Waals surface area contributed by atoms with Gasteiger partial charge in [0.25, 0.3) is 5.91 Å². The van der Waals surface area contributed by atoms with Gasteiger partial charge in [0.1, 0.15) is 0 Å². The molecule has 0 saturated carbocycles. The Morgan fingerprint density at radius 3 is 2.10 bits per heavy atom. The van der Waals surface area contributed by atoms with Crippen LogP contribution in [0.4, 0.5) is 13.2 Å². The summed E-state index contributed by atoms with van der Waals surface area (Å²) in [4.78, 5) is 13.3. The van der Waals surface area contributed by atoms with Gasteiger partial charge in [0, 0.05) is 30.9 Å². The molecule has 9 heteroatoms. The van der Waals surface area contributed by atoms with Gasteiger partial charge in [-0.2, -0.15) is 18.3 Å². The van der Waals surface area contributed by atoms with E-state index >= 15 is 0 Å². The van der Waals surface area contributed by atoms with E-state index in [1.807, 2.05) is 30.3 Å². The molecule has 1 aliphatic rings. The van der Waals surface area contributed by atoms with Crippen molar-refractivity contribution >= 4 is 5.91 Å². The Bertz CT molecular complexity index is 891. The SMILES string of the molecule is CC(C)(O)c1ccc(-n2nccc2C2CCN(C(=O)[C@@](C)(O)C(F)(F)F)CC2)cc1. The molecule has 164 valence electrons. The maximum absolute atomic E-state index is 13.0. The zero-order valence-corrected chi connectivity index (χ0v) is 17.1. The second kappa shape index (κ2) is 7.70. The Morgan fingerprint density at radius 1 is 1.03 bits per heavy atom. The lowest BCUT2D eigenvalue weighted by Gasteiger charge is -2.36. The van der Waals surface area contributed by atoms with E-state index in [0.29, 0.717) is 19.8 Å². The number of carbonyl (C=O) groups excluding carboxylic acids is 1. The number of likely N-dealkylation sites (tertiary alicyclic amines) is 1. The zero-order chi connectivity index (χ0) is 22.3. The van der Waals surface area contributed by atoms with Crippen molar-refractivity contribution in [2.45, 2.75) is 56.9 Å². The average Bonchev–Trinajstić information content (AvgIpc) is 3.16. The van der Waals surface area contributed by atoms with Crippen LogP contribution in [0.25, 0.3) is 5.69 Å². The van der Waals surface area contributed by atoms with Gasteiger partial charge in [-0.25, -0.2) is 4.68 Å². The molecule has 0 radical (unpaired) electrons. The highest BCUT2D eigenvalue weighted by Gasteiger charge is 2.57. The Morgan fingerprint density at radius 2 is 1.60 bits per heavy atom. The smallest absolute Gasteiger partial charge is 0.386 e. The number of aliphatic hydroxyl groups is 2. The molecule has 0 spiro atoms. The van der Waals surface area contributed by atoms with Gasteiger partial charge in [-0.1, -0.05) is 12.1 Å². The molecule has 1 saturated heterocycles. The predicted molar refractivity (Wildman–Crippen MR) is 104 cm³/mol. The number of aromatic nitrogens is 2. The molecule has 0 bridgehead atoms. The van der Waals surface area contributed by atoms with E-state index in [0.717, 1.165) is 21.8 Å². The number of halogens is 3. The molecular formula is C21H26F3N3O3. The van der Waals surface area contributed by atoms with Gasteiger partial charge in [-0.15, -0.1) is 0 Å². The topological polar surface area (TPSA) is 78.6 Å². The fourth-order valence-corrected chi connectivity index (χ4v) is 3.66. The molecule has 2 aromatic rings. The third-order valence-electron chi connectivity index (χ3n) is 5.66. The van der Waals surface area contributed by atoms with E-state index in [9.17, 15) is 28.2 Å². The first kappa shape index (κ1) is 22.3. The molecule has 1 aliphatic heterocycles. The molecule has 1 fully saturated rings. The lowest BCUT2D eigenvalue weighted by atomic mass is 9.92. The van der Waals surface area contributed by atoms with Crippen LogP contribution in [0.5, 0.6) is 0 Å². The van der Waals surface area contributed by atoms with Gasteiger partial charge < -0.3 is 15.1 Å². The van der Waals surface area contributed by atoms with Crippen molar-refractivity contribution in [3.8, 4) is 5.69 Å². The van der Waals surface area contributed by atoms with Crippen LogP contribution < -0.4 is 0 Å². The minimum absolute atomic E-state index is 0.0151. The summed E-state index contributed by atoms with van der Waals surface area (Å²) in [6, 6.07) is 9.20. The summed E-state index contributed by atoms with van der Waals surface area (Å²) >= 11 is 0. The highest BCUT2D eigenvalue weighted by atomic mass is 19.4. The summed E-state index contributed by atoms with van der Waals surface area (Å²) < 4.78 is 40.6. The second-order valence-corrected chi connectivity index (χ2v) is 8.41. The average molecular weight is 425 g/mol. The van der Waals surface area contributed by atoms with Crippen LogP contribution in [0, 0.1) is 0 Å². The van der Waals surface area contributed by atoms with E-state index in [1.54, 1.807) is 24.7 Å². The highest BCUT2D eigenvalue weighted by molar-refractivity contribution is 5.85. The highest BCUT2D eigenvalue weighted by Crippen LogP contribution is 2.35. The van der Waals surface area contributed by atoms with Crippen molar-refractivity contribution in [1.82, 2.24) is 14.7 Å². The summed E-state index contributed by atoms with van der Waals surface area (Å²) in [6.07, 6.45) is -2.43. The summed E-state index contributed by atoms with van der Waals surface area (Å²) in [5.41, 5.74) is -1.86. The number of nitrogens with zero attached hydrogens (tertiary/aromatic N) is 3. The first-order valence-corrected chi connectivity index (χ1v) is 9.78. The van der Waals surface area contributed by atoms with E-state index in [-0.39, 0.29) is 19.0 Å². The van der Waals surface area contributed by atoms with Crippen molar-refractivity contribution < 1.29 is 28.2 Å². The van der Waals surface area contributed by atoms with Gasteiger partial charge in [0.15, 0.2) is 0 Å². The largest absolute Gasteiger partial charge is 0.426 e. The van der Waals surface area contributed by atoms with Gasteiger partial charge >= 0.3 is 6.18 Å². The molecule has 0 aliphatic carbocycles. The first-order chi connectivity index (χ1) is 13.8. The standard InChI is InChI=1S/C21H26F3N3O3/c1-19(2,29)15-4-6-16(7-5-15)27-17(8-11-25-27)14-9-12-26(13-10-14)18(28)20(3,30)21(22,23)24/h4-8,11,14,29-30H,9-10,12-13H2,1-3H3/t20-/m1/s1. The Hall–Kier alpha value is -2.39. The molecule has 2 N–H and O–H groups in total. The van der Waals surface area contributed by atoms with Crippen LogP contribution in [0.1, 0.15) is 50.8 Å². The van der Waals surface area contributed by atoms with Crippen LogP contribution in [0.2, 0.25) is 0 Å². The summed E-state index contributed by atoms with van der Waals surface area (Å²) in [5.74, 6) is -1.30. The Labute approximate surface area is 172 Å². The normalized spacial score (nSPS) is 18.3. The summed E-state index contributed by atoms with van der Waals surface area (Å²) in [5, 5.41) is 24.1. The lowest BCUT2D eigenvalue weighted by Crippen LogP contribution is -2.57. The monoisotopic (exact) mass is 425 g/mol. The van der Waals surface area contributed by atoms with Gasteiger partial charge in [0.05, 0.1) is 11.3 Å². The lowest BCUT2D eigenvalue weighted by molar-refractivity contribution is -0.250. The van der Waals surface area contributed by atoms with Crippen LogP contribution >= 0.6 is 0 Å². The maximum Gasteiger partial charge on any atom is 0.426 e. The number of carbonyl (C=O) groups is 1. The molecule has 1 amide bonds. The van der Waals surface area contributed by atoms with Crippen molar-refractivity contribution in [2.24, 2.45) is 0 Å². The Balaban J connectivity index is 1.72. The molecule has 1 aromatic carbocycles. The van der Waals surface area contributed by atoms with Crippen LogP contribution in [0.15, 0.2) is 36.5 Å². The van der Waals surface area contributed by atoms with E-state index < -0.39 is 23.3 Å². The minimum atomic E-state index is -5.02. The van der Waals surface area contributed by atoms with Crippen molar-refractivity contribution in [1.29, 1.82) is 0 Å². The molecule has 6 nitrogen and oxygen atoms in total. The molecule has 30 heavy (non-hydrogen) atoms. The van der Waals surface area contributed by atoms with Crippen LogP contribution in [-0.4, -0.2) is 55.7 Å². The molecule has 2 heterocycles. The van der Waals surface area contributed by atoms with Crippen LogP contribution in [0.3, 0.4) is 0 Å². The number of hydrogen-bond acceptors (Lipinski definition) is 4. The maximum atomic E-state index is 13.0. The van der Waals surface area contributed by atoms with E-state index in [1.165, 1.54) is 0 Å². The zero-order valence-electron chi connectivity index (χ0n) is 17.1. The minimum Gasteiger partial charge on any atom is -0.386 e. The van der Waals surface area contributed by atoms with E-state index in [4.69, 9.17) is 0 Å². The molecular weight excluding hydrogens is 399 g/mol. The van der Waals surface area contributed by atoms with Gasteiger partial charge in [-0.3, -0.25) is 4.79 Å². The molecule has 1 aromatic heterocycles. The number of amides is 1. The van der Waals surface area contributed by atoms with Gasteiger partial charge in [-0.05, 0) is 57.4 Å². The number of benzene rings is 1. The third kappa shape index (κ3) is 4.22. The predicted octanol–water partition coefficient (Wildman–Crippen LogP) is 3.12. The number of hydrogen-bond donors (Lipinski definition) is 2. The number of piperidine rings is 1. The van der Waals surface area contributed by atoms with Gasteiger partial charge in [0.2, 0.25) is 5.60 Å². The fourth-order valence-electron chi connectivity index (χ4n) is 3.66. The molecule has 1 atom stereocenters. The first-order valence-electron chi connectivity index (χ1n) is 9.78. The fraction of sp³-hybridized carbons (Fsp3) is 0.524. The Kier molecular flexibility index (Phi) is 5.72. The van der Waals surface area contributed by atoms with Crippen molar-refractivity contribution in [2.75, 3.05) is 13.1 Å². The van der Waals surface area contributed by atoms with Crippen LogP contribution in [-0.2, 0) is 10.4 Å². The van der Waals surface area contributed by atoms with Crippen molar-refractivity contribution in [3.05, 3.63) is 47.8 Å². The summed E-state index contributed by atoms with van der Waals surface area (Å²) in [7, 11) is 0. The summed E-state index contributed by atoms with van der Waals surface area (Å²) in [6.45, 7) is 4.14. The quantitative estimate of drug-likeness (QED) is 0.789.